The van der Waals surface area contributed by atoms with Crippen LogP contribution in [0.5, 0.6) is 0 Å². The maximum atomic E-state index is 5.85. The van der Waals surface area contributed by atoms with Gasteiger partial charge in [0.25, 0.3) is 0 Å². The number of hydrogen-bond donors (Lipinski definition) is 1. The minimum absolute atomic E-state index is 0.338. The number of anilines is 1. The molecule has 3 nitrogen and oxygen atoms in total. The van der Waals surface area contributed by atoms with Gasteiger partial charge in [-0.15, -0.1) is 0 Å². The van der Waals surface area contributed by atoms with Crippen molar-refractivity contribution in [1.29, 1.82) is 0 Å². The van der Waals surface area contributed by atoms with Crippen LogP contribution in [0, 0.1) is 0 Å². The van der Waals surface area contributed by atoms with Crippen LogP contribution in [0.2, 0.25) is 0 Å². The van der Waals surface area contributed by atoms with Crippen LogP contribution in [0.1, 0.15) is 58.4 Å². The van der Waals surface area contributed by atoms with E-state index >= 15 is 0 Å². The first kappa shape index (κ1) is 16.0. The van der Waals surface area contributed by atoms with Gasteiger partial charge in [-0.3, -0.25) is 0 Å². The van der Waals surface area contributed by atoms with Gasteiger partial charge in [0.1, 0.15) is 5.82 Å². The number of nitrogens with one attached hydrogen (secondary N) is 1. The van der Waals surface area contributed by atoms with Gasteiger partial charge in [-0.25, -0.2) is 4.98 Å². The summed E-state index contributed by atoms with van der Waals surface area (Å²) >= 11 is 0. The first-order chi connectivity index (χ1) is 9.26. The van der Waals surface area contributed by atoms with Gasteiger partial charge in [-0.1, -0.05) is 38.7 Å². The van der Waals surface area contributed by atoms with Crippen LogP contribution < -0.4 is 5.32 Å². The van der Waals surface area contributed by atoms with E-state index in [1.165, 1.54) is 25.7 Å². The molecule has 1 aromatic heterocycles. The second kappa shape index (κ2) is 9.79. The monoisotopic (exact) mass is 264 g/mol. The van der Waals surface area contributed by atoms with E-state index in [9.17, 15) is 0 Å². The molecule has 0 saturated heterocycles. The molecule has 1 rings (SSSR count). The van der Waals surface area contributed by atoms with Crippen LogP contribution >= 0.6 is 0 Å². The molecule has 1 atom stereocenters. The molecule has 0 aliphatic carbocycles. The molecule has 1 N–H and O–H groups in total. The topological polar surface area (TPSA) is 34.1 Å². The summed E-state index contributed by atoms with van der Waals surface area (Å²) in [6.45, 7) is 8.03. The van der Waals surface area contributed by atoms with Crippen LogP contribution in [-0.4, -0.2) is 17.6 Å². The molecule has 0 aliphatic heterocycles. The minimum atomic E-state index is 0.338. The van der Waals surface area contributed by atoms with Crippen molar-refractivity contribution in [2.75, 3.05) is 11.9 Å². The lowest BCUT2D eigenvalue weighted by atomic mass is 10.1. The summed E-state index contributed by atoms with van der Waals surface area (Å²) in [6.07, 6.45) is 8.60. The summed E-state index contributed by atoms with van der Waals surface area (Å²) in [5.41, 5.74) is 1.14. The molecule has 0 bridgehead atoms. The number of pyridine rings is 1. The van der Waals surface area contributed by atoms with E-state index in [1.54, 1.807) is 0 Å². The number of unbranched alkanes of at least 4 members (excludes halogenated alkanes) is 3. The zero-order chi connectivity index (χ0) is 13.9. The third-order valence-corrected chi connectivity index (χ3v) is 3.18. The Labute approximate surface area is 117 Å². The second-order valence-corrected chi connectivity index (χ2v) is 5.05. The van der Waals surface area contributed by atoms with Crippen molar-refractivity contribution in [3.8, 4) is 0 Å². The Morgan fingerprint density at radius 2 is 2.05 bits per heavy atom. The highest BCUT2D eigenvalue weighted by molar-refractivity contribution is 5.34. The average Bonchev–Trinajstić information content (AvgIpc) is 2.43. The van der Waals surface area contributed by atoms with E-state index in [1.807, 2.05) is 12.3 Å². The molecule has 1 unspecified atom stereocenters. The van der Waals surface area contributed by atoms with Crippen LogP contribution in [-0.2, 0) is 11.3 Å². The lowest BCUT2D eigenvalue weighted by Crippen LogP contribution is -2.08. The molecule has 1 aromatic rings. The van der Waals surface area contributed by atoms with Crippen LogP contribution in [0.25, 0.3) is 0 Å². The molecule has 0 aromatic carbocycles. The first-order valence-corrected chi connectivity index (χ1v) is 7.56. The second-order valence-electron chi connectivity index (χ2n) is 5.05. The van der Waals surface area contributed by atoms with Crippen molar-refractivity contribution in [3.05, 3.63) is 23.9 Å². The Morgan fingerprint density at radius 3 is 2.68 bits per heavy atom. The molecule has 108 valence electrons. The Kier molecular flexibility index (Phi) is 8.23. The van der Waals surface area contributed by atoms with E-state index in [-0.39, 0.29) is 0 Å². The van der Waals surface area contributed by atoms with Gasteiger partial charge in [-0.05, 0) is 31.9 Å². The zero-order valence-corrected chi connectivity index (χ0v) is 12.6. The van der Waals surface area contributed by atoms with E-state index < -0.39 is 0 Å². The van der Waals surface area contributed by atoms with E-state index in [0.717, 1.165) is 24.3 Å². The first-order valence-electron chi connectivity index (χ1n) is 7.56. The lowest BCUT2D eigenvalue weighted by molar-refractivity contribution is 0.0457. The summed E-state index contributed by atoms with van der Waals surface area (Å²) in [6, 6.07) is 4.09. The molecule has 0 fully saturated rings. The number of ether oxygens (including phenoxy) is 1. The van der Waals surface area contributed by atoms with Crippen molar-refractivity contribution >= 4 is 5.82 Å². The third kappa shape index (κ3) is 7.16. The van der Waals surface area contributed by atoms with Crippen molar-refractivity contribution < 1.29 is 4.74 Å². The highest BCUT2D eigenvalue weighted by Gasteiger charge is 2.03. The van der Waals surface area contributed by atoms with Crippen LogP contribution in [0.3, 0.4) is 0 Å². The van der Waals surface area contributed by atoms with E-state index in [0.29, 0.717) is 12.7 Å². The Hall–Kier alpha value is -1.09. The molecule has 0 radical (unpaired) electrons. The quantitative estimate of drug-likeness (QED) is 0.636. The maximum Gasteiger partial charge on any atom is 0.125 e. The zero-order valence-electron chi connectivity index (χ0n) is 12.6. The van der Waals surface area contributed by atoms with E-state index in [2.05, 4.69) is 37.1 Å². The highest BCUT2D eigenvalue weighted by Crippen LogP contribution is 2.11. The molecule has 1 heterocycles. The van der Waals surface area contributed by atoms with Crippen molar-refractivity contribution in [2.45, 2.75) is 65.6 Å². The molecule has 0 spiro atoms. The highest BCUT2D eigenvalue weighted by atomic mass is 16.5. The third-order valence-electron chi connectivity index (χ3n) is 3.18. The van der Waals surface area contributed by atoms with E-state index in [4.69, 9.17) is 4.74 Å². The van der Waals surface area contributed by atoms with Gasteiger partial charge in [0.05, 0.1) is 12.7 Å². The number of rotatable bonds is 10. The fourth-order valence-corrected chi connectivity index (χ4v) is 1.98. The lowest BCUT2D eigenvalue weighted by Gasteiger charge is -2.13. The Morgan fingerprint density at radius 1 is 1.21 bits per heavy atom. The molecular formula is C16H28N2O. The molecule has 0 amide bonds. The smallest absolute Gasteiger partial charge is 0.125 e. The molecule has 3 heteroatoms. The molecule has 0 aliphatic rings. The average molecular weight is 264 g/mol. The summed E-state index contributed by atoms with van der Waals surface area (Å²) in [7, 11) is 0. The summed E-state index contributed by atoms with van der Waals surface area (Å²) in [4.78, 5) is 4.34. The fourth-order valence-electron chi connectivity index (χ4n) is 1.98. The fraction of sp³-hybridized carbons (Fsp3) is 0.688. The molecular weight excluding hydrogens is 236 g/mol. The standard InChI is InChI=1S/C16H28N2O/c1-4-6-7-8-9-14(3)19-13-15-10-11-16(17-5-2)18-12-15/h10-12,14H,4-9,13H2,1-3H3,(H,17,18). The Bertz CT molecular complexity index is 324. The molecule has 0 saturated carbocycles. The summed E-state index contributed by atoms with van der Waals surface area (Å²) < 4.78 is 5.85. The van der Waals surface area contributed by atoms with Gasteiger partial charge < -0.3 is 10.1 Å². The van der Waals surface area contributed by atoms with Gasteiger partial charge in [-0.2, -0.15) is 0 Å². The van der Waals surface area contributed by atoms with Gasteiger partial charge in [0.2, 0.25) is 0 Å². The maximum absolute atomic E-state index is 5.85. The molecule has 19 heavy (non-hydrogen) atoms. The van der Waals surface area contributed by atoms with Gasteiger partial charge >= 0.3 is 0 Å². The van der Waals surface area contributed by atoms with Crippen LogP contribution in [0.15, 0.2) is 18.3 Å². The largest absolute Gasteiger partial charge is 0.374 e. The van der Waals surface area contributed by atoms with Crippen molar-refractivity contribution in [1.82, 2.24) is 4.98 Å². The summed E-state index contributed by atoms with van der Waals surface area (Å²) in [5.74, 6) is 0.930. The predicted molar refractivity (Wildman–Crippen MR) is 81.4 cm³/mol. The SMILES string of the molecule is CCCCCCC(C)OCc1ccc(NCC)nc1. The number of hydrogen-bond acceptors (Lipinski definition) is 3. The normalized spacial score (nSPS) is 12.4. The van der Waals surface area contributed by atoms with Crippen LogP contribution in [0.4, 0.5) is 5.82 Å². The Balaban J connectivity index is 2.20. The summed E-state index contributed by atoms with van der Waals surface area (Å²) in [5, 5.41) is 3.19. The number of nitrogens with zero attached hydrogens (tertiary/aromatic N) is 1. The minimum Gasteiger partial charge on any atom is -0.374 e. The van der Waals surface area contributed by atoms with Gasteiger partial charge in [0, 0.05) is 12.7 Å². The van der Waals surface area contributed by atoms with Crippen molar-refractivity contribution in [2.24, 2.45) is 0 Å². The predicted octanol–water partition coefficient (Wildman–Crippen LogP) is 4.39. The number of aromatic nitrogens is 1. The van der Waals surface area contributed by atoms with Gasteiger partial charge in [0.15, 0.2) is 0 Å². The van der Waals surface area contributed by atoms with Crippen molar-refractivity contribution in [3.63, 3.8) is 0 Å².